The molecule has 1 aliphatic carbocycles. The van der Waals surface area contributed by atoms with Crippen molar-refractivity contribution in [1.29, 1.82) is 0 Å². The SMILES string of the molecule is CO[C@@]12CCC(OCCO)CC1N(Cc1ccc3cc(O)ccc3c1)CC2. The quantitative estimate of drug-likeness (QED) is 0.817. The summed E-state index contributed by atoms with van der Waals surface area (Å²) in [5, 5.41) is 20.9. The number of fused-ring (bicyclic) bond motifs is 2. The van der Waals surface area contributed by atoms with Crippen LogP contribution in [0.15, 0.2) is 36.4 Å². The lowest BCUT2D eigenvalue weighted by atomic mass is 9.79. The normalized spacial score (nSPS) is 28.5. The lowest BCUT2D eigenvalue weighted by molar-refractivity contribution is -0.104. The summed E-state index contributed by atoms with van der Waals surface area (Å²) in [6, 6.07) is 12.3. The Labute approximate surface area is 160 Å². The van der Waals surface area contributed by atoms with Gasteiger partial charge in [-0.3, -0.25) is 4.90 Å². The van der Waals surface area contributed by atoms with Gasteiger partial charge in [-0.1, -0.05) is 18.2 Å². The summed E-state index contributed by atoms with van der Waals surface area (Å²) in [5.41, 5.74) is 1.21. The highest BCUT2D eigenvalue weighted by atomic mass is 16.5. The molecule has 0 bridgehead atoms. The summed E-state index contributed by atoms with van der Waals surface area (Å²) < 4.78 is 11.9. The van der Waals surface area contributed by atoms with Crippen LogP contribution in [0, 0.1) is 0 Å². The standard InChI is InChI=1S/C22H29NO4/c1-26-22-7-6-20(27-11-10-24)14-21(22)23(9-8-22)15-16-2-3-18-13-19(25)5-4-17(18)12-16/h2-5,12-13,20-21,24-25H,6-11,14-15H2,1H3/t20?,21?,22-/m1/s1. The number of aliphatic hydroxyl groups excluding tert-OH is 1. The van der Waals surface area contributed by atoms with E-state index in [2.05, 4.69) is 23.1 Å². The molecule has 2 unspecified atom stereocenters. The zero-order valence-electron chi connectivity index (χ0n) is 15.9. The number of methoxy groups -OCH3 is 1. The van der Waals surface area contributed by atoms with Gasteiger partial charge in [0.05, 0.1) is 24.9 Å². The highest BCUT2D eigenvalue weighted by Crippen LogP contribution is 2.43. The van der Waals surface area contributed by atoms with E-state index >= 15 is 0 Å². The highest BCUT2D eigenvalue weighted by molar-refractivity contribution is 5.84. The molecule has 0 amide bonds. The number of phenols is 1. The van der Waals surface area contributed by atoms with E-state index in [1.54, 1.807) is 12.1 Å². The predicted molar refractivity (Wildman–Crippen MR) is 105 cm³/mol. The van der Waals surface area contributed by atoms with E-state index in [1.165, 1.54) is 5.56 Å². The molecule has 5 heteroatoms. The molecule has 2 N–H and O–H groups in total. The summed E-state index contributed by atoms with van der Waals surface area (Å²) in [6.45, 7) is 2.40. The molecule has 1 saturated heterocycles. The first-order chi connectivity index (χ1) is 13.1. The predicted octanol–water partition coefficient (Wildman–Crippen LogP) is 3.07. The minimum absolute atomic E-state index is 0.0677. The molecule has 27 heavy (non-hydrogen) atoms. The second kappa shape index (κ2) is 7.76. The maximum absolute atomic E-state index is 9.65. The van der Waals surface area contributed by atoms with Gasteiger partial charge in [0.2, 0.25) is 0 Å². The van der Waals surface area contributed by atoms with Gasteiger partial charge in [-0.05, 0) is 60.2 Å². The number of likely N-dealkylation sites (tertiary alicyclic amines) is 1. The molecule has 1 aliphatic heterocycles. The average Bonchev–Trinajstić information content (AvgIpc) is 3.05. The van der Waals surface area contributed by atoms with Crippen molar-refractivity contribution in [1.82, 2.24) is 4.90 Å². The summed E-state index contributed by atoms with van der Waals surface area (Å²) in [5.74, 6) is 0.302. The number of benzene rings is 2. The molecular weight excluding hydrogens is 342 g/mol. The van der Waals surface area contributed by atoms with E-state index < -0.39 is 0 Å². The van der Waals surface area contributed by atoms with Crippen LogP contribution in [0.3, 0.4) is 0 Å². The van der Waals surface area contributed by atoms with Crippen molar-refractivity contribution in [2.45, 2.75) is 50.0 Å². The molecule has 2 aliphatic rings. The van der Waals surface area contributed by atoms with Crippen molar-refractivity contribution in [3.63, 3.8) is 0 Å². The van der Waals surface area contributed by atoms with Crippen molar-refractivity contribution in [3.8, 4) is 5.75 Å². The molecule has 4 rings (SSSR count). The van der Waals surface area contributed by atoms with Crippen molar-refractivity contribution >= 4 is 10.8 Å². The Morgan fingerprint density at radius 1 is 1.15 bits per heavy atom. The zero-order valence-corrected chi connectivity index (χ0v) is 15.9. The third-order valence-electron chi connectivity index (χ3n) is 6.37. The number of phenolic OH excluding ortho intramolecular Hbond substituents is 1. The number of ether oxygens (including phenoxy) is 2. The molecule has 5 nitrogen and oxygen atoms in total. The lowest BCUT2D eigenvalue weighted by Crippen LogP contribution is -2.51. The van der Waals surface area contributed by atoms with Crippen LogP contribution in [0.1, 0.15) is 31.2 Å². The molecule has 3 atom stereocenters. The molecule has 0 radical (unpaired) electrons. The molecule has 146 valence electrons. The van der Waals surface area contributed by atoms with Gasteiger partial charge in [0, 0.05) is 26.2 Å². The number of hydrogen-bond donors (Lipinski definition) is 2. The molecule has 1 saturated carbocycles. The Balaban J connectivity index is 1.52. The summed E-state index contributed by atoms with van der Waals surface area (Å²) in [7, 11) is 1.84. The van der Waals surface area contributed by atoms with Crippen molar-refractivity contribution in [2.24, 2.45) is 0 Å². The van der Waals surface area contributed by atoms with Gasteiger partial charge >= 0.3 is 0 Å². The first-order valence-electron chi connectivity index (χ1n) is 9.87. The van der Waals surface area contributed by atoms with Crippen LogP contribution in [0.2, 0.25) is 0 Å². The molecule has 0 aromatic heterocycles. The maximum Gasteiger partial charge on any atom is 0.116 e. The number of aromatic hydroxyl groups is 1. The van der Waals surface area contributed by atoms with Gasteiger partial charge in [-0.25, -0.2) is 0 Å². The topological polar surface area (TPSA) is 62.2 Å². The third kappa shape index (κ3) is 3.69. The monoisotopic (exact) mass is 371 g/mol. The summed E-state index contributed by atoms with van der Waals surface area (Å²) >= 11 is 0. The fourth-order valence-corrected chi connectivity index (χ4v) is 4.93. The largest absolute Gasteiger partial charge is 0.508 e. The summed E-state index contributed by atoms with van der Waals surface area (Å²) in [6.07, 6.45) is 4.22. The second-order valence-electron chi connectivity index (χ2n) is 7.86. The molecule has 1 heterocycles. The second-order valence-corrected chi connectivity index (χ2v) is 7.86. The van der Waals surface area contributed by atoms with E-state index in [0.717, 1.165) is 49.5 Å². The van der Waals surface area contributed by atoms with Gasteiger partial charge in [0.15, 0.2) is 0 Å². The van der Waals surface area contributed by atoms with Crippen molar-refractivity contribution in [2.75, 3.05) is 26.9 Å². The first-order valence-corrected chi connectivity index (χ1v) is 9.87. The van der Waals surface area contributed by atoms with Crippen LogP contribution >= 0.6 is 0 Å². The number of hydrogen-bond acceptors (Lipinski definition) is 5. The Kier molecular flexibility index (Phi) is 5.37. The van der Waals surface area contributed by atoms with Gasteiger partial charge in [0.1, 0.15) is 5.75 Å². The first kappa shape index (κ1) is 18.7. The molecule has 2 aromatic rings. The molecule has 2 fully saturated rings. The van der Waals surface area contributed by atoms with E-state index in [9.17, 15) is 5.11 Å². The zero-order chi connectivity index (χ0) is 18.9. The van der Waals surface area contributed by atoms with Crippen LogP contribution in [0.4, 0.5) is 0 Å². The lowest BCUT2D eigenvalue weighted by Gasteiger charge is -2.43. The van der Waals surface area contributed by atoms with E-state index in [0.29, 0.717) is 18.4 Å². The Bertz CT molecular complexity index is 795. The molecule has 2 aromatic carbocycles. The smallest absolute Gasteiger partial charge is 0.116 e. The highest BCUT2D eigenvalue weighted by Gasteiger charge is 2.51. The van der Waals surface area contributed by atoms with Gasteiger partial charge < -0.3 is 19.7 Å². The van der Waals surface area contributed by atoms with Gasteiger partial charge in [0.25, 0.3) is 0 Å². The summed E-state index contributed by atoms with van der Waals surface area (Å²) in [4.78, 5) is 2.53. The molecule has 0 spiro atoms. The average molecular weight is 371 g/mol. The van der Waals surface area contributed by atoms with Crippen molar-refractivity contribution in [3.05, 3.63) is 42.0 Å². The van der Waals surface area contributed by atoms with E-state index in [-0.39, 0.29) is 18.3 Å². The minimum Gasteiger partial charge on any atom is -0.508 e. The van der Waals surface area contributed by atoms with Crippen LogP contribution in [0.5, 0.6) is 5.75 Å². The van der Waals surface area contributed by atoms with E-state index in [1.807, 2.05) is 13.2 Å². The number of nitrogens with zero attached hydrogens (tertiary/aromatic N) is 1. The fraction of sp³-hybridized carbons (Fsp3) is 0.545. The maximum atomic E-state index is 9.65. The number of aliphatic hydroxyl groups is 1. The minimum atomic E-state index is -0.0677. The van der Waals surface area contributed by atoms with E-state index in [4.69, 9.17) is 14.6 Å². The van der Waals surface area contributed by atoms with Crippen LogP contribution in [0.25, 0.3) is 10.8 Å². The van der Waals surface area contributed by atoms with Crippen LogP contribution < -0.4 is 0 Å². The third-order valence-corrected chi connectivity index (χ3v) is 6.37. The van der Waals surface area contributed by atoms with Gasteiger partial charge in [-0.2, -0.15) is 0 Å². The Hall–Kier alpha value is -1.66. The Morgan fingerprint density at radius 3 is 2.78 bits per heavy atom. The molecular formula is C22H29NO4. The van der Waals surface area contributed by atoms with Gasteiger partial charge in [-0.15, -0.1) is 0 Å². The van der Waals surface area contributed by atoms with Crippen LogP contribution in [-0.4, -0.2) is 59.7 Å². The van der Waals surface area contributed by atoms with Crippen molar-refractivity contribution < 1.29 is 19.7 Å². The number of rotatable bonds is 6. The fourth-order valence-electron chi connectivity index (χ4n) is 4.93. The Morgan fingerprint density at radius 2 is 1.96 bits per heavy atom. The van der Waals surface area contributed by atoms with Crippen LogP contribution in [-0.2, 0) is 16.0 Å².